The van der Waals surface area contributed by atoms with Crippen molar-refractivity contribution in [3.8, 4) is 0 Å². The summed E-state index contributed by atoms with van der Waals surface area (Å²) in [6.45, 7) is 4.84. The minimum atomic E-state index is -0.442. The molecule has 0 spiro atoms. The Balaban J connectivity index is 1.35. The van der Waals surface area contributed by atoms with Crippen molar-refractivity contribution in [2.24, 2.45) is 0 Å². The maximum absolute atomic E-state index is 13.0. The highest BCUT2D eigenvalue weighted by atomic mass is 32.1. The van der Waals surface area contributed by atoms with E-state index in [0.717, 1.165) is 23.5 Å². The monoisotopic (exact) mass is 426 g/mol. The average Bonchev–Trinajstić information content (AvgIpc) is 3.43. The number of amides is 3. The molecule has 0 atom stereocenters. The van der Waals surface area contributed by atoms with E-state index in [1.165, 1.54) is 16.9 Å². The van der Waals surface area contributed by atoms with Crippen LogP contribution in [0.3, 0.4) is 0 Å². The van der Waals surface area contributed by atoms with E-state index in [4.69, 9.17) is 0 Å². The Labute approximate surface area is 180 Å². The van der Waals surface area contributed by atoms with Gasteiger partial charge in [0.2, 0.25) is 0 Å². The van der Waals surface area contributed by atoms with Gasteiger partial charge in [0, 0.05) is 45.7 Å². The molecule has 2 aliphatic rings. The Morgan fingerprint density at radius 1 is 0.867 bits per heavy atom. The fourth-order valence-corrected chi connectivity index (χ4v) is 5.01. The fraction of sp³-hybridized carbons (Fsp3) is 0.455. The van der Waals surface area contributed by atoms with Crippen LogP contribution in [-0.4, -0.2) is 76.7 Å². The minimum Gasteiger partial charge on any atom is -0.334 e. The number of rotatable bonds is 3. The lowest BCUT2D eigenvalue weighted by atomic mass is 10.2. The van der Waals surface area contributed by atoms with Crippen LogP contribution < -0.4 is 0 Å². The van der Waals surface area contributed by atoms with E-state index >= 15 is 0 Å². The van der Waals surface area contributed by atoms with Gasteiger partial charge in [0.15, 0.2) is 0 Å². The first-order valence-corrected chi connectivity index (χ1v) is 11.2. The molecule has 158 valence electrons. The van der Waals surface area contributed by atoms with Gasteiger partial charge in [-0.15, -0.1) is 11.3 Å². The topological polar surface area (TPSA) is 73.8 Å². The van der Waals surface area contributed by atoms with Crippen LogP contribution in [0.5, 0.6) is 0 Å². The third-order valence-electron chi connectivity index (χ3n) is 5.66. The second-order valence-corrected chi connectivity index (χ2v) is 8.85. The number of thiazole rings is 1. The fourth-order valence-electron chi connectivity index (χ4n) is 3.94. The first-order valence-electron chi connectivity index (χ1n) is 10.4. The second-order valence-electron chi connectivity index (χ2n) is 7.77. The van der Waals surface area contributed by atoms with Crippen molar-refractivity contribution in [3.05, 3.63) is 51.5 Å². The van der Waals surface area contributed by atoms with Gasteiger partial charge in [-0.25, -0.2) is 4.98 Å². The molecule has 1 aromatic heterocycles. The van der Waals surface area contributed by atoms with Gasteiger partial charge in [0.1, 0.15) is 4.88 Å². The first kappa shape index (κ1) is 20.5. The molecule has 0 N–H and O–H groups in total. The number of carbonyl (C=O) groups excluding carboxylic acids is 3. The van der Waals surface area contributed by atoms with E-state index in [9.17, 15) is 14.4 Å². The second kappa shape index (κ2) is 8.95. The van der Waals surface area contributed by atoms with Crippen molar-refractivity contribution in [2.75, 3.05) is 39.3 Å². The van der Waals surface area contributed by atoms with Crippen LogP contribution in [0.2, 0.25) is 0 Å². The van der Waals surface area contributed by atoms with Crippen LogP contribution in [0, 0.1) is 6.92 Å². The van der Waals surface area contributed by atoms with E-state index in [1.807, 2.05) is 25.1 Å². The summed E-state index contributed by atoms with van der Waals surface area (Å²) >= 11 is 1.44. The third-order valence-corrected chi connectivity index (χ3v) is 6.81. The Kier molecular flexibility index (Phi) is 6.13. The summed E-state index contributed by atoms with van der Waals surface area (Å²) in [5, 5.41) is 0.923. The SMILES string of the molecule is Cc1nc(Cc2ccccc2)sc1C(=O)N1CCN(C(=O)C(=O)N2CCCC2)CC1. The Morgan fingerprint density at radius 3 is 2.07 bits per heavy atom. The summed E-state index contributed by atoms with van der Waals surface area (Å²) in [6.07, 6.45) is 2.63. The van der Waals surface area contributed by atoms with Gasteiger partial charge in [-0.3, -0.25) is 14.4 Å². The number of piperazine rings is 1. The third kappa shape index (κ3) is 4.38. The Bertz CT molecular complexity index is 929. The smallest absolute Gasteiger partial charge is 0.312 e. The minimum absolute atomic E-state index is 0.0396. The van der Waals surface area contributed by atoms with Crippen molar-refractivity contribution < 1.29 is 14.4 Å². The average molecular weight is 427 g/mol. The molecule has 30 heavy (non-hydrogen) atoms. The summed E-state index contributed by atoms with van der Waals surface area (Å²) in [4.78, 5) is 48.1. The molecule has 2 aromatic rings. The van der Waals surface area contributed by atoms with E-state index in [0.29, 0.717) is 50.6 Å². The zero-order valence-electron chi connectivity index (χ0n) is 17.2. The molecule has 0 radical (unpaired) electrons. The molecule has 0 aliphatic carbocycles. The molecule has 7 nitrogen and oxygen atoms in total. The number of likely N-dealkylation sites (tertiary alicyclic amines) is 1. The molecule has 8 heteroatoms. The Hall–Kier alpha value is -2.74. The molecule has 3 heterocycles. The van der Waals surface area contributed by atoms with E-state index in [2.05, 4.69) is 17.1 Å². The van der Waals surface area contributed by atoms with Crippen molar-refractivity contribution >= 4 is 29.1 Å². The van der Waals surface area contributed by atoms with Crippen LogP contribution in [0.4, 0.5) is 0 Å². The summed E-state index contributed by atoms with van der Waals surface area (Å²) < 4.78 is 0. The number of carbonyl (C=O) groups is 3. The zero-order chi connectivity index (χ0) is 21.1. The molecule has 3 amide bonds. The molecule has 0 saturated carbocycles. The van der Waals surface area contributed by atoms with Crippen LogP contribution in [0.15, 0.2) is 30.3 Å². The van der Waals surface area contributed by atoms with Gasteiger partial charge >= 0.3 is 11.8 Å². The van der Waals surface area contributed by atoms with Crippen LogP contribution in [0.25, 0.3) is 0 Å². The maximum atomic E-state index is 13.0. The first-order chi connectivity index (χ1) is 14.5. The maximum Gasteiger partial charge on any atom is 0.312 e. The van der Waals surface area contributed by atoms with E-state index in [1.54, 1.807) is 14.7 Å². The predicted molar refractivity (Wildman–Crippen MR) is 114 cm³/mol. The largest absolute Gasteiger partial charge is 0.334 e. The van der Waals surface area contributed by atoms with Gasteiger partial charge in [0.05, 0.1) is 10.7 Å². The number of aromatic nitrogens is 1. The summed E-state index contributed by atoms with van der Waals surface area (Å²) in [5.41, 5.74) is 1.92. The predicted octanol–water partition coefficient (Wildman–Crippen LogP) is 1.95. The molecule has 2 fully saturated rings. The molecule has 2 aliphatic heterocycles. The number of nitrogens with zero attached hydrogens (tertiary/aromatic N) is 4. The summed E-state index contributed by atoms with van der Waals surface area (Å²) in [7, 11) is 0. The molecular formula is C22H26N4O3S. The lowest BCUT2D eigenvalue weighted by Crippen LogP contribution is -2.54. The lowest BCUT2D eigenvalue weighted by molar-refractivity contribution is -0.152. The van der Waals surface area contributed by atoms with Crippen molar-refractivity contribution in [2.45, 2.75) is 26.2 Å². The Morgan fingerprint density at radius 2 is 1.43 bits per heavy atom. The number of benzene rings is 1. The molecule has 2 saturated heterocycles. The van der Waals surface area contributed by atoms with Crippen LogP contribution in [-0.2, 0) is 16.0 Å². The lowest BCUT2D eigenvalue weighted by Gasteiger charge is -2.34. The number of aryl methyl sites for hydroxylation is 1. The summed E-state index contributed by atoms with van der Waals surface area (Å²) in [6, 6.07) is 10.1. The van der Waals surface area contributed by atoms with Crippen LogP contribution in [0.1, 0.15) is 38.8 Å². The highest BCUT2D eigenvalue weighted by Gasteiger charge is 2.32. The van der Waals surface area contributed by atoms with Crippen molar-refractivity contribution in [3.63, 3.8) is 0 Å². The molecule has 0 bridgehead atoms. The molecular weight excluding hydrogens is 400 g/mol. The zero-order valence-corrected chi connectivity index (χ0v) is 18.0. The molecule has 4 rings (SSSR count). The standard InChI is InChI=1S/C22H26N4O3S/c1-16-19(30-18(23-16)15-17-7-3-2-4-8-17)20(27)25-11-13-26(14-12-25)22(29)21(28)24-9-5-6-10-24/h2-4,7-8H,5-6,9-15H2,1H3. The summed E-state index contributed by atoms with van der Waals surface area (Å²) in [5.74, 6) is -0.887. The van der Waals surface area contributed by atoms with Gasteiger partial charge in [-0.05, 0) is 25.3 Å². The molecule has 1 aromatic carbocycles. The van der Waals surface area contributed by atoms with Crippen molar-refractivity contribution in [1.82, 2.24) is 19.7 Å². The van der Waals surface area contributed by atoms with E-state index in [-0.39, 0.29) is 5.91 Å². The normalized spacial score (nSPS) is 16.8. The van der Waals surface area contributed by atoms with Gasteiger partial charge in [-0.1, -0.05) is 30.3 Å². The van der Waals surface area contributed by atoms with Gasteiger partial charge < -0.3 is 14.7 Å². The number of hydrogen-bond acceptors (Lipinski definition) is 5. The van der Waals surface area contributed by atoms with Crippen molar-refractivity contribution in [1.29, 1.82) is 0 Å². The molecule has 0 unspecified atom stereocenters. The highest BCUT2D eigenvalue weighted by molar-refractivity contribution is 7.13. The number of hydrogen-bond donors (Lipinski definition) is 0. The van der Waals surface area contributed by atoms with Gasteiger partial charge in [0.25, 0.3) is 5.91 Å². The van der Waals surface area contributed by atoms with Gasteiger partial charge in [-0.2, -0.15) is 0 Å². The van der Waals surface area contributed by atoms with E-state index < -0.39 is 11.8 Å². The quantitative estimate of drug-likeness (QED) is 0.703. The highest BCUT2D eigenvalue weighted by Crippen LogP contribution is 2.23. The van der Waals surface area contributed by atoms with Crippen LogP contribution >= 0.6 is 11.3 Å².